The number of carbonyl (C=O) groups excluding carboxylic acids is 1. The van der Waals surface area contributed by atoms with Crippen molar-refractivity contribution >= 4 is 17.7 Å². The van der Waals surface area contributed by atoms with E-state index in [0.717, 1.165) is 0 Å². The first-order valence-electron chi connectivity index (χ1n) is 5.75. The second kappa shape index (κ2) is 5.83. The molecule has 0 fully saturated rings. The van der Waals surface area contributed by atoms with Crippen molar-refractivity contribution in [1.29, 1.82) is 0 Å². The molecule has 0 bridgehead atoms. The third-order valence-corrected chi connectivity index (χ3v) is 2.57. The first-order valence-corrected chi connectivity index (χ1v) is 5.75. The second-order valence-corrected chi connectivity index (χ2v) is 4.03. The molecule has 0 saturated carbocycles. The van der Waals surface area contributed by atoms with Gasteiger partial charge in [0.1, 0.15) is 5.82 Å². The van der Waals surface area contributed by atoms with Crippen LogP contribution in [0, 0.1) is 0 Å². The molecule has 2 amide bonds. The Morgan fingerprint density at radius 2 is 2.20 bits per heavy atom. The lowest BCUT2D eigenvalue weighted by Gasteiger charge is -2.07. The monoisotopic (exact) mass is 275 g/mol. The molecule has 0 aliphatic carbocycles. The molecule has 20 heavy (non-hydrogen) atoms. The zero-order chi connectivity index (χ0) is 14.5. The van der Waals surface area contributed by atoms with Crippen molar-refractivity contribution in [2.45, 2.75) is 6.54 Å². The van der Waals surface area contributed by atoms with Crippen molar-refractivity contribution in [3.05, 3.63) is 42.2 Å². The first kappa shape index (κ1) is 13.5. The van der Waals surface area contributed by atoms with E-state index in [9.17, 15) is 9.59 Å². The van der Waals surface area contributed by atoms with Gasteiger partial charge in [0.05, 0.1) is 24.0 Å². The fourth-order valence-corrected chi connectivity index (χ4v) is 1.53. The van der Waals surface area contributed by atoms with Crippen LogP contribution in [-0.4, -0.2) is 31.6 Å². The molecule has 0 radical (unpaired) electrons. The number of aromatic nitrogens is 3. The molecular weight excluding hydrogens is 262 g/mol. The van der Waals surface area contributed by atoms with Crippen LogP contribution in [-0.2, 0) is 13.6 Å². The normalized spacial score (nSPS) is 10.1. The number of nitrogens with one attached hydrogen (secondary N) is 2. The summed E-state index contributed by atoms with van der Waals surface area (Å²) in [6.45, 7) is 0.265. The molecule has 0 aromatic carbocycles. The number of aromatic carboxylic acids is 1. The number of carboxylic acids is 1. The number of nitrogens with zero attached hydrogens (tertiary/aromatic N) is 3. The largest absolute Gasteiger partial charge is 0.478 e. The predicted molar refractivity (Wildman–Crippen MR) is 70.3 cm³/mol. The molecule has 0 aliphatic rings. The molecule has 2 heterocycles. The number of aryl methyl sites for hydroxylation is 1. The number of pyridine rings is 1. The van der Waals surface area contributed by atoms with E-state index in [-0.39, 0.29) is 12.1 Å². The second-order valence-electron chi connectivity index (χ2n) is 4.03. The van der Waals surface area contributed by atoms with Gasteiger partial charge in [0.2, 0.25) is 0 Å². The topological polar surface area (TPSA) is 109 Å². The van der Waals surface area contributed by atoms with Gasteiger partial charge in [0, 0.05) is 25.6 Å². The smallest absolute Gasteiger partial charge is 0.337 e. The van der Waals surface area contributed by atoms with Crippen molar-refractivity contribution < 1.29 is 14.7 Å². The summed E-state index contributed by atoms with van der Waals surface area (Å²) >= 11 is 0. The van der Waals surface area contributed by atoms with E-state index in [4.69, 9.17) is 5.11 Å². The van der Waals surface area contributed by atoms with Gasteiger partial charge >= 0.3 is 12.0 Å². The average Bonchev–Trinajstić information content (AvgIpc) is 2.82. The molecule has 0 aliphatic heterocycles. The number of anilines is 1. The van der Waals surface area contributed by atoms with Crippen LogP contribution in [0.25, 0.3) is 0 Å². The summed E-state index contributed by atoms with van der Waals surface area (Å²) in [4.78, 5) is 30.2. The van der Waals surface area contributed by atoms with Gasteiger partial charge in [-0.2, -0.15) is 0 Å². The SMILES string of the molecule is Cn1ccnc1CNC(=O)Nc1cncc(C(=O)O)c1. The van der Waals surface area contributed by atoms with Crippen molar-refractivity contribution in [1.82, 2.24) is 19.9 Å². The fourth-order valence-electron chi connectivity index (χ4n) is 1.53. The Labute approximate surface area is 114 Å². The van der Waals surface area contributed by atoms with Crippen LogP contribution < -0.4 is 10.6 Å². The molecule has 8 heteroatoms. The zero-order valence-electron chi connectivity index (χ0n) is 10.7. The van der Waals surface area contributed by atoms with Crippen molar-refractivity contribution in [3.63, 3.8) is 0 Å². The molecule has 0 saturated heterocycles. The van der Waals surface area contributed by atoms with Crippen LogP contribution in [0.2, 0.25) is 0 Å². The molecule has 2 aromatic rings. The number of hydrogen-bond donors (Lipinski definition) is 3. The van der Waals surface area contributed by atoms with E-state index in [1.54, 1.807) is 17.0 Å². The Morgan fingerprint density at radius 3 is 2.85 bits per heavy atom. The lowest BCUT2D eigenvalue weighted by molar-refractivity contribution is 0.0696. The highest BCUT2D eigenvalue weighted by Gasteiger charge is 2.07. The molecule has 0 unspecified atom stereocenters. The minimum atomic E-state index is -1.10. The number of urea groups is 1. The summed E-state index contributed by atoms with van der Waals surface area (Å²) < 4.78 is 1.78. The summed E-state index contributed by atoms with van der Waals surface area (Å²) in [5.41, 5.74) is 0.314. The Hall–Kier alpha value is -2.90. The van der Waals surface area contributed by atoms with Gasteiger partial charge in [-0.05, 0) is 6.07 Å². The maximum atomic E-state index is 11.7. The number of amides is 2. The zero-order valence-corrected chi connectivity index (χ0v) is 10.7. The van der Waals surface area contributed by atoms with Crippen molar-refractivity contribution in [3.8, 4) is 0 Å². The van der Waals surface area contributed by atoms with Crippen molar-refractivity contribution in [2.24, 2.45) is 7.05 Å². The van der Waals surface area contributed by atoms with Gasteiger partial charge in [-0.1, -0.05) is 0 Å². The van der Waals surface area contributed by atoms with Crippen LogP contribution in [0.3, 0.4) is 0 Å². The Morgan fingerprint density at radius 1 is 1.40 bits per heavy atom. The van der Waals surface area contributed by atoms with Crippen LogP contribution in [0.5, 0.6) is 0 Å². The molecule has 0 spiro atoms. The standard InChI is InChI=1S/C12H13N5O3/c1-17-3-2-14-10(17)7-15-12(20)16-9-4-8(11(18)19)5-13-6-9/h2-6H,7H2,1H3,(H,18,19)(H2,15,16,20). The van der Waals surface area contributed by atoms with E-state index < -0.39 is 12.0 Å². The lowest BCUT2D eigenvalue weighted by atomic mass is 10.3. The van der Waals surface area contributed by atoms with Gasteiger partial charge in [-0.15, -0.1) is 0 Å². The van der Waals surface area contributed by atoms with Crippen molar-refractivity contribution in [2.75, 3.05) is 5.32 Å². The molecule has 0 atom stereocenters. The molecule has 3 N–H and O–H groups in total. The van der Waals surface area contributed by atoms with Gasteiger partial charge in [-0.3, -0.25) is 4.98 Å². The van der Waals surface area contributed by atoms with Gasteiger partial charge < -0.3 is 20.3 Å². The van der Waals surface area contributed by atoms with Gasteiger partial charge in [0.25, 0.3) is 0 Å². The number of carboxylic acid groups (broad SMARTS) is 1. The summed E-state index contributed by atoms with van der Waals surface area (Å²) in [5, 5.41) is 13.9. The predicted octanol–water partition coefficient (Wildman–Crippen LogP) is 0.835. The highest BCUT2D eigenvalue weighted by molar-refractivity contribution is 5.92. The summed E-state index contributed by atoms with van der Waals surface area (Å²) in [7, 11) is 1.82. The molecule has 2 aromatic heterocycles. The Bertz CT molecular complexity index is 638. The lowest BCUT2D eigenvalue weighted by Crippen LogP contribution is -2.29. The minimum absolute atomic E-state index is 0.00639. The van der Waals surface area contributed by atoms with E-state index in [1.165, 1.54) is 18.5 Å². The quantitative estimate of drug-likeness (QED) is 0.765. The van der Waals surface area contributed by atoms with E-state index in [2.05, 4.69) is 20.6 Å². The summed E-state index contributed by atoms with van der Waals surface area (Å²) in [5.74, 6) is -0.396. The maximum Gasteiger partial charge on any atom is 0.337 e. The first-order chi connectivity index (χ1) is 9.56. The van der Waals surface area contributed by atoms with Crippen LogP contribution >= 0.6 is 0 Å². The van der Waals surface area contributed by atoms with E-state index in [0.29, 0.717) is 11.5 Å². The summed E-state index contributed by atoms with van der Waals surface area (Å²) in [6, 6.07) is 0.868. The van der Waals surface area contributed by atoms with Gasteiger partial charge in [0.15, 0.2) is 0 Å². The number of imidazole rings is 1. The average molecular weight is 275 g/mol. The third kappa shape index (κ3) is 3.31. The van der Waals surface area contributed by atoms with Crippen LogP contribution in [0.4, 0.5) is 10.5 Å². The molecular formula is C12H13N5O3. The highest BCUT2D eigenvalue weighted by Crippen LogP contribution is 2.08. The fraction of sp³-hybridized carbons (Fsp3) is 0.167. The van der Waals surface area contributed by atoms with E-state index in [1.807, 2.05) is 7.05 Å². The highest BCUT2D eigenvalue weighted by atomic mass is 16.4. The number of hydrogen-bond acceptors (Lipinski definition) is 4. The minimum Gasteiger partial charge on any atom is -0.478 e. The van der Waals surface area contributed by atoms with Crippen LogP contribution in [0.1, 0.15) is 16.2 Å². The molecule has 2 rings (SSSR count). The third-order valence-electron chi connectivity index (χ3n) is 2.57. The summed E-state index contributed by atoms with van der Waals surface area (Å²) in [6.07, 6.45) is 5.98. The van der Waals surface area contributed by atoms with E-state index >= 15 is 0 Å². The Balaban J connectivity index is 1.93. The Kier molecular flexibility index (Phi) is 3.94. The van der Waals surface area contributed by atoms with Crippen LogP contribution in [0.15, 0.2) is 30.9 Å². The molecule has 104 valence electrons. The maximum absolute atomic E-state index is 11.7. The molecule has 8 nitrogen and oxygen atoms in total. The van der Waals surface area contributed by atoms with Gasteiger partial charge in [-0.25, -0.2) is 14.6 Å². The number of rotatable bonds is 4. The number of carbonyl (C=O) groups is 2.